The van der Waals surface area contributed by atoms with Gasteiger partial charge in [0.25, 0.3) is 0 Å². The first-order valence-corrected chi connectivity index (χ1v) is 8.12. The van der Waals surface area contributed by atoms with Crippen LogP contribution in [0.5, 0.6) is 5.75 Å². The van der Waals surface area contributed by atoms with Crippen molar-refractivity contribution >= 4 is 11.6 Å². The minimum absolute atomic E-state index is 0.0919. The van der Waals surface area contributed by atoms with Crippen LogP contribution < -0.4 is 15.4 Å². The molecule has 1 fully saturated rings. The fourth-order valence-corrected chi connectivity index (χ4v) is 2.56. The molecule has 24 heavy (non-hydrogen) atoms. The van der Waals surface area contributed by atoms with Crippen molar-refractivity contribution in [2.24, 2.45) is 0 Å². The number of aryl methyl sites for hydroxylation is 1. The third-order valence-corrected chi connectivity index (χ3v) is 4.00. The molecule has 3 rings (SSSR count). The normalized spacial score (nSPS) is 17.3. The maximum absolute atomic E-state index is 12.2. The highest BCUT2D eigenvalue weighted by Crippen LogP contribution is 2.19. The van der Waals surface area contributed by atoms with Gasteiger partial charge in [0.05, 0.1) is 13.2 Å². The summed E-state index contributed by atoms with van der Waals surface area (Å²) in [5.74, 6) is 0.634. The monoisotopic (exact) mass is 326 g/mol. The average molecular weight is 326 g/mol. The number of anilines is 1. The Bertz CT molecular complexity index is 697. The lowest BCUT2D eigenvalue weighted by atomic mass is 10.1. The van der Waals surface area contributed by atoms with E-state index in [9.17, 15) is 4.79 Å². The third kappa shape index (κ3) is 4.34. The van der Waals surface area contributed by atoms with Crippen LogP contribution in [0.1, 0.15) is 11.1 Å². The first-order valence-electron chi connectivity index (χ1n) is 8.12. The van der Waals surface area contributed by atoms with E-state index >= 15 is 0 Å². The summed E-state index contributed by atoms with van der Waals surface area (Å²) in [6.07, 6.45) is 0. The van der Waals surface area contributed by atoms with E-state index in [0.29, 0.717) is 26.4 Å². The quantitative estimate of drug-likeness (QED) is 0.886. The second-order valence-electron chi connectivity index (χ2n) is 5.81. The fourth-order valence-electron chi connectivity index (χ4n) is 2.56. The second kappa shape index (κ2) is 7.95. The highest BCUT2D eigenvalue weighted by molar-refractivity contribution is 5.95. The standard InChI is InChI=1S/C19H22N2O3/c1-14-5-2-3-6-15(14)12-24-17-8-4-7-16(11-17)21-19(22)18-13-23-10-9-20-18/h2-8,11,18,20H,9-10,12-13H2,1H3,(H,21,22). The van der Waals surface area contributed by atoms with E-state index in [-0.39, 0.29) is 11.9 Å². The van der Waals surface area contributed by atoms with Crippen LogP contribution in [0.15, 0.2) is 48.5 Å². The van der Waals surface area contributed by atoms with Crippen molar-refractivity contribution in [3.05, 3.63) is 59.7 Å². The summed E-state index contributed by atoms with van der Waals surface area (Å²) in [5.41, 5.74) is 3.07. The molecule has 1 atom stereocenters. The van der Waals surface area contributed by atoms with E-state index in [4.69, 9.17) is 9.47 Å². The van der Waals surface area contributed by atoms with E-state index in [0.717, 1.165) is 17.0 Å². The molecule has 0 bridgehead atoms. The van der Waals surface area contributed by atoms with Crippen molar-refractivity contribution in [2.45, 2.75) is 19.6 Å². The largest absolute Gasteiger partial charge is 0.489 e. The minimum Gasteiger partial charge on any atom is -0.489 e. The van der Waals surface area contributed by atoms with Gasteiger partial charge in [-0.2, -0.15) is 0 Å². The highest BCUT2D eigenvalue weighted by Gasteiger charge is 2.21. The third-order valence-electron chi connectivity index (χ3n) is 4.00. The Hall–Kier alpha value is -2.37. The van der Waals surface area contributed by atoms with Gasteiger partial charge in [-0.3, -0.25) is 4.79 Å². The molecule has 1 amide bonds. The number of benzene rings is 2. The van der Waals surface area contributed by atoms with Crippen molar-refractivity contribution in [1.82, 2.24) is 5.32 Å². The van der Waals surface area contributed by atoms with Gasteiger partial charge in [0.15, 0.2) is 0 Å². The van der Waals surface area contributed by atoms with Gasteiger partial charge in [0.2, 0.25) is 5.91 Å². The van der Waals surface area contributed by atoms with Crippen LogP contribution in [0.4, 0.5) is 5.69 Å². The van der Waals surface area contributed by atoms with Gasteiger partial charge < -0.3 is 20.1 Å². The lowest BCUT2D eigenvalue weighted by Gasteiger charge is -2.23. The van der Waals surface area contributed by atoms with Crippen LogP contribution >= 0.6 is 0 Å². The molecule has 1 saturated heterocycles. The molecule has 126 valence electrons. The van der Waals surface area contributed by atoms with E-state index in [1.54, 1.807) is 0 Å². The summed E-state index contributed by atoms with van der Waals surface area (Å²) in [6.45, 7) is 4.30. The Kier molecular flexibility index (Phi) is 5.46. The van der Waals surface area contributed by atoms with E-state index in [1.165, 1.54) is 5.56 Å². The maximum atomic E-state index is 12.2. The molecular weight excluding hydrogens is 304 g/mol. The minimum atomic E-state index is -0.310. The van der Waals surface area contributed by atoms with E-state index in [2.05, 4.69) is 29.7 Å². The summed E-state index contributed by atoms with van der Waals surface area (Å²) in [5, 5.41) is 6.04. The number of ether oxygens (including phenoxy) is 2. The zero-order valence-electron chi connectivity index (χ0n) is 13.7. The Morgan fingerprint density at radius 1 is 1.29 bits per heavy atom. The number of carbonyl (C=O) groups excluding carboxylic acids is 1. The van der Waals surface area contributed by atoms with Crippen LogP contribution in [0.2, 0.25) is 0 Å². The van der Waals surface area contributed by atoms with Gasteiger partial charge in [-0.25, -0.2) is 0 Å². The first-order chi connectivity index (χ1) is 11.7. The molecule has 5 heteroatoms. The number of hydrogen-bond donors (Lipinski definition) is 2. The van der Waals surface area contributed by atoms with Crippen LogP contribution in [0, 0.1) is 6.92 Å². The molecule has 0 aliphatic carbocycles. The molecule has 1 heterocycles. The lowest BCUT2D eigenvalue weighted by molar-refractivity contribution is -0.120. The van der Waals surface area contributed by atoms with Gasteiger partial charge in [-0.15, -0.1) is 0 Å². The topological polar surface area (TPSA) is 59.6 Å². The molecule has 0 spiro atoms. The number of hydrogen-bond acceptors (Lipinski definition) is 4. The van der Waals surface area contributed by atoms with Crippen molar-refractivity contribution in [3.8, 4) is 5.75 Å². The summed E-state index contributed by atoms with van der Waals surface area (Å²) in [6, 6.07) is 15.3. The number of carbonyl (C=O) groups is 1. The van der Waals surface area contributed by atoms with Crippen LogP contribution in [-0.2, 0) is 16.1 Å². The number of rotatable bonds is 5. The molecule has 0 aromatic heterocycles. The molecule has 0 saturated carbocycles. The molecule has 2 aromatic rings. The van der Waals surface area contributed by atoms with Gasteiger partial charge in [0.1, 0.15) is 18.4 Å². The zero-order valence-corrected chi connectivity index (χ0v) is 13.7. The van der Waals surface area contributed by atoms with Gasteiger partial charge >= 0.3 is 0 Å². The average Bonchev–Trinajstić information content (AvgIpc) is 2.62. The SMILES string of the molecule is Cc1ccccc1COc1cccc(NC(=O)C2COCCN2)c1. The second-order valence-corrected chi connectivity index (χ2v) is 5.81. The number of morpholine rings is 1. The van der Waals surface area contributed by atoms with Crippen molar-refractivity contribution < 1.29 is 14.3 Å². The Morgan fingerprint density at radius 3 is 2.96 bits per heavy atom. The number of nitrogens with one attached hydrogen (secondary N) is 2. The highest BCUT2D eigenvalue weighted by atomic mass is 16.5. The summed E-state index contributed by atoms with van der Waals surface area (Å²) >= 11 is 0. The Balaban J connectivity index is 1.59. The zero-order chi connectivity index (χ0) is 16.8. The summed E-state index contributed by atoms with van der Waals surface area (Å²) in [4.78, 5) is 12.2. The van der Waals surface area contributed by atoms with Gasteiger partial charge in [-0.05, 0) is 30.2 Å². The van der Waals surface area contributed by atoms with Crippen molar-refractivity contribution in [2.75, 3.05) is 25.1 Å². The summed E-state index contributed by atoms with van der Waals surface area (Å²) in [7, 11) is 0. The van der Waals surface area contributed by atoms with E-state index in [1.807, 2.05) is 36.4 Å². The predicted molar refractivity (Wildman–Crippen MR) is 93.2 cm³/mol. The van der Waals surface area contributed by atoms with Crippen molar-refractivity contribution in [1.29, 1.82) is 0 Å². The Morgan fingerprint density at radius 2 is 2.17 bits per heavy atom. The molecular formula is C19H22N2O3. The Labute approximate surface area is 142 Å². The van der Waals surface area contributed by atoms with Crippen LogP contribution in [-0.4, -0.2) is 31.7 Å². The molecule has 1 aliphatic heterocycles. The van der Waals surface area contributed by atoms with Gasteiger partial charge in [-0.1, -0.05) is 30.3 Å². The lowest BCUT2D eigenvalue weighted by Crippen LogP contribution is -2.48. The maximum Gasteiger partial charge on any atom is 0.243 e. The van der Waals surface area contributed by atoms with E-state index < -0.39 is 0 Å². The molecule has 2 N–H and O–H groups in total. The molecule has 2 aromatic carbocycles. The van der Waals surface area contributed by atoms with Crippen molar-refractivity contribution in [3.63, 3.8) is 0 Å². The van der Waals surface area contributed by atoms with Crippen LogP contribution in [0.3, 0.4) is 0 Å². The molecule has 0 radical (unpaired) electrons. The smallest absolute Gasteiger partial charge is 0.243 e. The van der Waals surface area contributed by atoms with Gasteiger partial charge in [0, 0.05) is 18.3 Å². The fraction of sp³-hybridized carbons (Fsp3) is 0.316. The molecule has 1 unspecified atom stereocenters. The summed E-state index contributed by atoms with van der Waals surface area (Å²) < 4.78 is 11.2. The predicted octanol–water partition coefficient (Wildman–Crippen LogP) is 2.50. The molecule has 5 nitrogen and oxygen atoms in total. The van der Waals surface area contributed by atoms with Crippen LogP contribution in [0.25, 0.3) is 0 Å². The number of amides is 1. The molecule has 1 aliphatic rings. The first kappa shape index (κ1) is 16.5.